The van der Waals surface area contributed by atoms with Crippen molar-refractivity contribution in [3.05, 3.63) is 29.8 Å². The molecule has 0 saturated carbocycles. The first-order valence-electron chi connectivity index (χ1n) is 6.40. The van der Waals surface area contributed by atoms with Gasteiger partial charge in [0.15, 0.2) is 0 Å². The van der Waals surface area contributed by atoms with Crippen LogP contribution in [0.2, 0.25) is 0 Å². The fourth-order valence-corrected chi connectivity index (χ4v) is 1.77. The van der Waals surface area contributed by atoms with Crippen LogP contribution in [0.25, 0.3) is 0 Å². The van der Waals surface area contributed by atoms with Crippen molar-refractivity contribution >= 4 is 5.91 Å². The maximum Gasteiger partial charge on any atom is 0.224 e. The second kappa shape index (κ2) is 7.71. The summed E-state index contributed by atoms with van der Waals surface area (Å²) < 4.78 is 5.37. The van der Waals surface area contributed by atoms with Crippen LogP contribution in [0, 0.1) is 5.92 Å². The van der Waals surface area contributed by atoms with E-state index >= 15 is 0 Å². The molecule has 4 heteroatoms. The smallest absolute Gasteiger partial charge is 0.224 e. The van der Waals surface area contributed by atoms with Crippen molar-refractivity contribution < 1.29 is 9.53 Å². The molecule has 0 aromatic heterocycles. The van der Waals surface area contributed by atoms with Crippen molar-refractivity contribution in [2.75, 3.05) is 19.7 Å². The van der Waals surface area contributed by atoms with E-state index in [4.69, 9.17) is 10.5 Å². The molecule has 1 unspecified atom stereocenters. The lowest BCUT2D eigenvalue weighted by atomic mass is 9.98. The normalized spacial score (nSPS) is 11.9. The summed E-state index contributed by atoms with van der Waals surface area (Å²) in [6, 6.07) is 7.80. The van der Waals surface area contributed by atoms with E-state index in [9.17, 15) is 4.79 Å². The third-order valence-electron chi connectivity index (χ3n) is 2.72. The monoisotopic (exact) mass is 250 g/mol. The number of ether oxygens (including phenoxy) is 1. The number of hydrogen-bond donors (Lipinski definition) is 2. The van der Waals surface area contributed by atoms with Gasteiger partial charge in [0.25, 0.3) is 0 Å². The van der Waals surface area contributed by atoms with E-state index in [0.29, 0.717) is 26.1 Å². The first-order chi connectivity index (χ1) is 8.71. The highest BCUT2D eigenvalue weighted by Crippen LogP contribution is 2.15. The van der Waals surface area contributed by atoms with Crippen molar-refractivity contribution in [2.45, 2.75) is 20.3 Å². The fourth-order valence-electron chi connectivity index (χ4n) is 1.77. The largest absolute Gasteiger partial charge is 0.494 e. The Hall–Kier alpha value is -1.55. The van der Waals surface area contributed by atoms with E-state index in [0.717, 1.165) is 11.3 Å². The van der Waals surface area contributed by atoms with Gasteiger partial charge in [-0.25, -0.2) is 0 Å². The summed E-state index contributed by atoms with van der Waals surface area (Å²) in [5.74, 6) is 0.709. The van der Waals surface area contributed by atoms with Crippen molar-refractivity contribution in [1.82, 2.24) is 5.32 Å². The highest BCUT2D eigenvalue weighted by molar-refractivity contribution is 5.79. The summed E-state index contributed by atoms with van der Waals surface area (Å²) in [7, 11) is 0. The second-order valence-corrected chi connectivity index (χ2v) is 4.11. The molecule has 0 bridgehead atoms. The number of benzene rings is 1. The van der Waals surface area contributed by atoms with Crippen LogP contribution in [0.3, 0.4) is 0 Å². The van der Waals surface area contributed by atoms with E-state index in [1.54, 1.807) is 0 Å². The van der Waals surface area contributed by atoms with Crippen molar-refractivity contribution in [3.8, 4) is 5.75 Å². The number of hydrogen-bond acceptors (Lipinski definition) is 3. The van der Waals surface area contributed by atoms with Crippen molar-refractivity contribution in [3.63, 3.8) is 0 Å². The maximum atomic E-state index is 11.7. The first kappa shape index (κ1) is 14.5. The lowest BCUT2D eigenvalue weighted by Crippen LogP contribution is -2.36. The van der Waals surface area contributed by atoms with Gasteiger partial charge >= 0.3 is 0 Å². The van der Waals surface area contributed by atoms with Gasteiger partial charge in [-0.05, 0) is 38.0 Å². The molecule has 1 aromatic rings. The molecule has 4 nitrogen and oxygen atoms in total. The molecule has 1 rings (SSSR count). The van der Waals surface area contributed by atoms with Crippen LogP contribution in [-0.4, -0.2) is 25.6 Å². The molecule has 0 aliphatic carbocycles. The van der Waals surface area contributed by atoms with Gasteiger partial charge in [0.1, 0.15) is 5.75 Å². The van der Waals surface area contributed by atoms with E-state index in [-0.39, 0.29) is 11.8 Å². The SMILES string of the molecule is CCNC(=O)C(CN)Cc1ccc(OCC)cc1. The molecule has 0 aliphatic heterocycles. The third-order valence-corrected chi connectivity index (χ3v) is 2.72. The molecule has 0 radical (unpaired) electrons. The quantitative estimate of drug-likeness (QED) is 0.767. The summed E-state index contributed by atoms with van der Waals surface area (Å²) >= 11 is 0. The summed E-state index contributed by atoms with van der Waals surface area (Å²) in [5, 5.41) is 2.80. The molecule has 0 spiro atoms. The average Bonchev–Trinajstić information content (AvgIpc) is 2.38. The van der Waals surface area contributed by atoms with Crippen LogP contribution in [0.15, 0.2) is 24.3 Å². The molecule has 1 atom stereocenters. The fraction of sp³-hybridized carbons (Fsp3) is 0.500. The summed E-state index contributed by atoms with van der Waals surface area (Å²) in [6.07, 6.45) is 0.661. The predicted molar refractivity (Wildman–Crippen MR) is 72.5 cm³/mol. The Labute approximate surface area is 109 Å². The van der Waals surface area contributed by atoms with Crippen LogP contribution >= 0.6 is 0 Å². The van der Waals surface area contributed by atoms with Gasteiger partial charge in [-0.3, -0.25) is 4.79 Å². The van der Waals surface area contributed by atoms with Gasteiger partial charge in [0, 0.05) is 13.1 Å². The molecule has 1 aromatic carbocycles. The predicted octanol–water partition coefficient (Wildman–Crippen LogP) is 1.34. The number of carbonyl (C=O) groups excluding carboxylic acids is 1. The van der Waals surface area contributed by atoms with E-state index < -0.39 is 0 Å². The van der Waals surface area contributed by atoms with Crippen LogP contribution in [0.1, 0.15) is 19.4 Å². The first-order valence-corrected chi connectivity index (χ1v) is 6.40. The Morgan fingerprint density at radius 3 is 2.50 bits per heavy atom. The van der Waals surface area contributed by atoms with Crippen LogP contribution in [0.4, 0.5) is 0 Å². The lowest BCUT2D eigenvalue weighted by molar-refractivity contribution is -0.124. The van der Waals surface area contributed by atoms with E-state index in [2.05, 4.69) is 5.32 Å². The molecule has 1 amide bonds. The highest BCUT2D eigenvalue weighted by Gasteiger charge is 2.16. The average molecular weight is 250 g/mol. The van der Waals surface area contributed by atoms with Gasteiger partial charge in [0.05, 0.1) is 12.5 Å². The standard InChI is InChI=1S/C14H22N2O2/c1-3-16-14(17)12(10-15)9-11-5-7-13(8-6-11)18-4-2/h5-8,12H,3-4,9-10,15H2,1-2H3,(H,16,17). The van der Waals surface area contributed by atoms with Gasteiger partial charge in [0.2, 0.25) is 5.91 Å². The number of nitrogens with one attached hydrogen (secondary N) is 1. The highest BCUT2D eigenvalue weighted by atomic mass is 16.5. The van der Waals surface area contributed by atoms with Gasteiger partial charge in [-0.1, -0.05) is 12.1 Å². The lowest BCUT2D eigenvalue weighted by Gasteiger charge is -2.14. The molecule has 0 heterocycles. The summed E-state index contributed by atoms with van der Waals surface area (Å²) in [6.45, 7) is 5.51. The Morgan fingerprint density at radius 2 is 2.00 bits per heavy atom. The topological polar surface area (TPSA) is 64.4 Å². The zero-order chi connectivity index (χ0) is 13.4. The van der Waals surface area contributed by atoms with Crippen molar-refractivity contribution in [2.24, 2.45) is 11.7 Å². The molecule has 0 aliphatic rings. The van der Waals surface area contributed by atoms with Gasteiger partial charge in [-0.2, -0.15) is 0 Å². The summed E-state index contributed by atoms with van der Waals surface area (Å²) in [5.41, 5.74) is 6.74. The zero-order valence-electron chi connectivity index (χ0n) is 11.1. The molecule has 0 fully saturated rings. The molecular formula is C14H22N2O2. The Balaban J connectivity index is 2.61. The molecule has 100 valence electrons. The molecule has 3 N–H and O–H groups in total. The minimum absolute atomic E-state index is 0.0221. The van der Waals surface area contributed by atoms with Crippen molar-refractivity contribution in [1.29, 1.82) is 0 Å². The minimum atomic E-state index is -0.164. The summed E-state index contributed by atoms with van der Waals surface area (Å²) in [4.78, 5) is 11.7. The van der Waals surface area contributed by atoms with Gasteiger partial charge < -0.3 is 15.8 Å². The maximum absolute atomic E-state index is 11.7. The number of nitrogens with two attached hydrogens (primary N) is 1. The Bertz CT molecular complexity index is 363. The molecule has 18 heavy (non-hydrogen) atoms. The minimum Gasteiger partial charge on any atom is -0.494 e. The number of rotatable bonds is 7. The van der Waals surface area contributed by atoms with Crippen LogP contribution in [0.5, 0.6) is 5.75 Å². The number of carbonyl (C=O) groups is 1. The van der Waals surface area contributed by atoms with Crippen LogP contribution < -0.4 is 15.8 Å². The number of amides is 1. The third kappa shape index (κ3) is 4.37. The van der Waals surface area contributed by atoms with Gasteiger partial charge in [-0.15, -0.1) is 0 Å². The van der Waals surface area contributed by atoms with E-state index in [1.165, 1.54) is 0 Å². The van der Waals surface area contributed by atoms with E-state index in [1.807, 2.05) is 38.1 Å². The Kier molecular flexibility index (Phi) is 6.22. The zero-order valence-corrected chi connectivity index (χ0v) is 11.1. The molecule has 0 saturated heterocycles. The second-order valence-electron chi connectivity index (χ2n) is 4.11. The molecular weight excluding hydrogens is 228 g/mol. The Morgan fingerprint density at radius 1 is 1.33 bits per heavy atom. The van der Waals surface area contributed by atoms with Crippen LogP contribution in [-0.2, 0) is 11.2 Å².